The number of halogens is 2. The molecular weight excluding hydrogens is 305 g/mol. The van der Waals surface area contributed by atoms with Crippen molar-refractivity contribution in [2.24, 2.45) is 0 Å². The van der Waals surface area contributed by atoms with Gasteiger partial charge in [-0.05, 0) is 43.2 Å². The van der Waals surface area contributed by atoms with E-state index in [2.05, 4.69) is 24.0 Å². The van der Waals surface area contributed by atoms with Gasteiger partial charge in [-0.15, -0.1) is 0 Å². The second-order valence-corrected chi connectivity index (χ2v) is 6.20. The van der Waals surface area contributed by atoms with Crippen molar-refractivity contribution >= 4 is 34.7 Å². The molecule has 0 bridgehead atoms. The third kappa shape index (κ3) is 2.78. The van der Waals surface area contributed by atoms with Gasteiger partial charge in [-0.1, -0.05) is 41.4 Å². The average Bonchev–Trinajstić information content (AvgIpc) is 2.78. The van der Waals surface area contributed by atoms with Crippen LogP contribution in [0.1, 0.15) is 22.8 Å². The van der Waals surface area contributed by atoms with Gasteiger partial charge in [0.2, 0.25) is 0 Å². The average molecular weight is 320 g/mol. The first-order valence-corrected chi connectivity index (χ1v) is 7.64. The summed E-state index contributed by atoms with van der Waals surface area (Å²) in [6.07, 6.45) is 0.965. The topological polar surface area (TPSA) is 20.3 Å². The molecule has 3 rings (SSSR count). The highest BCUT2D eigenvalue weighted by Gasteiger charge is 2.27. The van der Waals surface area contributed by atoms with E-state index in [0.29, 0.717) is 28.2 Å². The van der Waals surface area contributed by atoms with E-state index >= 15 is 0 Å². The quantitative estimate of drug-likeness (QED) is 0.769. The zero-order chi connectivity index (χ0) is 15.0. The second-order valence-electron chi connectivity index (χ2n) is 5.36. The minimum absolute atomic E-state index is 0.00828. The number of para-hydroxylation sites is 1. The van der Waals surface area contributed by atoms with Gasteiger partial charge in [0.1, 0.15) is 0 Å². The molecule has 0 N–H and O–H groups in total. The Balaban J connectivity index is 1.87. The van der Waals surface area contributed by atoms with Crippen molar-refractivity contribution in [1.29, 1.82) is 0 Å². The molecule has 0 aromatic heterocycles. The van der Waals surface area contributed by atoms with E-state index in [1.54, 1.807) is 18.2 Å². The van der Waals surface area contributed by atoms with Crippen LogP contribution in [-0.4, -0.2) is 18.4 Å². The van der Waals surface area contributed by atoms with E-state index < -0.39 is 0 Å². The van der Waals surface area contributed by atoms with Crippen molar-refractivity contribution < 1.29 is 4.79 Å². The number of rotatable bonds is 3. The van der Waals surface area contributed by atoms with Gasteiger partial charge in [-0.3, -0.25) is 4.79 Å². The number of anilines is 1. The lowest BCUT2D eigenvalue weighted by atomic mass is 10.1. The molecular formula is C17H15Cl2NO. The van der Waals surface area contributed by atoms with Crippen molar-refractivity contribution in [3.63, 3.8) is 0 Å². The zero-order valence-corrected chi connectivity index (χ0v) is 13.2. The number of fused-ring (bicyclic) bond motifs is 1. The Morgan fingerprint density at radius 1 is 1.24 bits per heavy atom. The lowest BCUT2D eigenvalue weighted by Gasteiger charge is -2.24. The van der Waals surface area contributed by atoms with Gasteiger partial charge in [-0.25, -0.2) is 0 Å². The van der Waals surface area contributed by atoms with Crippen LogP contribution in [0.2, 0.25) is 10.0 Å². The van der Waals surface area contributed by atoms with E-state index in [1.807, 2.05) is 12.1 Å². The minimum Gasteiger partial charge on any atom is -0.361 e. The molecule has 0 spiro atoms. The normalized spacial score (nSPS) is 16.9. The van der Waals surface area contributed by atoms with Gasteiger partial charge in [-0.2, -0.15) is 0 Å². The van der Waals surface area contributed by atoms with Gasteiger partial charge >= 0.3 is 0 Å². The third-order valence-electron chi connectivity index (χ3n) is 3.89. The van der Waals surface area contributed by atoms with Gasteiger partial charge in [0, 0.05) is 22.3 Å². The first-order chi connectivity index (χ1) is 10.1. The number of benzene rings is 2. The van der Waals surface area contributed by atoms with Crippen LogP contribution in [0.15, 0.2) is 42.5 Å². The summed E-state index contributed by atoms with van der Waals surface area (Å²) in [6, 6.07) is 13.5. The Morgan fingerprint density at radius 2 is 2.00 bits per heavy atom. The highest BCUT2D eigenvalue weighted by Crippen LogP contribution is 2.32. The van der Waals surface area contributed by atoms with Crippen molar-refractivity contribution in [3.05, 3.63) is 63.6 Å². The lowest BCUT2D eigenvalue weighted by Crippen LogP contribution is -2.34. The monoisotopic (exact) mass is 319 g/mol. The highest BCUT2D eigenvalue weighted by molar-refractivity contribution is 6.36. The smallest absolute Gasteiger partial charge is 0.183 e. The molecule has 1 heterocycles. The summed E-state index contributed by atoms with van der Waals surface area (Å²) in [6.45, 7) is 2.45. The Labute approximate surface area is 134 Å². The Bertz CT molecular complexity index is 699. The number of hydrogen-bond acceptors (Lipinski definition) is 2. The van der Waals surface area contributed by atoms with Crippen molar-refractivity contribution in [1.82, 2.24) is 0 Å². The van der Waals surface area contributed by atoms with Crippen LogP contribution < -0.4 is 4.90 Å². The molecule has 1 atom stereocenters. The van der Waals surface area contributed by atoms with Crippen molar-refractivity contribution in [2.45, 2.75) is 19.4 Å². The molecule has 0 amide bonds. The number of nitrogens with zero attached hydrogens (tertiary/aromatic N) is 1. The maximum Gasteiger partial charge on any atom is 0.183 e. The first kappa shape index (κ1) is 14.4. The number of carbonyl (C=O) groups is 1. The standard InChI is InChI=1S/C17H15Cl2NO/c1-11-8-12-4-2-3-5-16(12)20(11)10-17(21)14-9-13(18)6-7-15(14)19/h2-7,9,11H,8,10H2,1H3. The molecule has 108 valence electrons. The maximum atomic E-state index is 12.5. The SMILES string of the molecule is CC1Cc2ccccc2N1CC(=O)c1cc(Cl)ccc1Cl. The summed E-state index contributed by atoms with van der Waals surface area (Å²) in [5.74, 6) is -0.00828. The fraction of sp³-hybridized carbons (Fsp3) is 0.235. The summed E-state index contributed by atoms with van der Waals surface area (Å²) in [5, 5.41) is 0.974. The molecule has 0 radical (unpaired) electrons. The summed E-state index contributed by atoms with van der Waals surface area (Å²) >= 11 is 12.1. The summed E-state index contributed by atoms with van der Waals surface area (Å²) in [7, 11) is 0. The largest absolute Gasteiger partial charge is 0.361 e. The van der Waals surface area contributed by atoms with Crippen LogP contribution in [0.3, 0.4) is 0 Å². The first-order valence-electron chi connectivity index (χ1n) is 6.89. The van der Waals surface area contributed by atoms with Gasteiger partial charge in [0.05, 0.1) is 11.6 Å². The lowest BCUT2D eigenvalue weighted by molar-refractivity contribution is 0.0998. The van der Waals surface area contributed by atoms with E-state index in [-0.39, 0.29) is 5.78 Å². The van der Waals surface area contributed by atoms with Crippen LogP contribution in [0.5, 0.6) is 0 Å². The van der Waals surface area contributed by atoms with Gasteiger partial charge < -0.3 is 4.90 Å². The van der Waals surface area contributed by atoms with E-state index in [9.17, 15) is 4.79 Å². The highest BCUT2D eigenvalue weighted by atomic mass is 35.5. The second kappa shape index (κ2) is 5.70. The molecule has 1 unspecified atom stereocenters. The zero-order valence-electron chi connectivity index (χ0n) is 11.6. The maximum absolute atomic E-state index is 12.5. The molecule has 2 aromatic rings. The third-order valence-corrected chi connectivity index (χ3v) is 4.46. The molecule has 0 aliphatic carbocycles. The van der Waals surface area contributed by atoms with Crippen LogP contribution in [0.25, 0.3) is 0 Å². The van der Waals surface area contributed by atoms with Crippen LogP contribution in [-0.2, 0) is 6.42 Å². The molecule has 0 fully saturated rings. The Kier molecular flexibility index (Phi) is 3.92. The van der Waals surface area contributed by atoms with E-state index in [0.717, 1.165) is 12.1 Å². The number of ketones is 1. The number of Topliss-reactive ketones (excluding diaryl/α,β-unsaturated/α-hetero) is 1. The van der Waals surface area contributed by atoms with Crippen molar-refractivity contribution in [2.75, 3.05) is 11.4 Å². The van der Waals surface area contributed by atoms with Crippen LogP contribution >= 0.6 is 23.2 Å². The molecule has 0 saturated carbocycles. The molecule has 2 aromatic carbocycles. The van der Waals surface area contributed by atoms with E-state index in [4.69, 9.17) is 23.2 Å². The minimum atomic E-state index is -0.00828. The molecule has 1 aliphatic heterocycles. The van der Waals surface area contributed by atoms with Gasteiger partial charge in [0.15, 0.2) is 5.78 Å². The predicted molar refractivity (Wildman–Crippen MR) is 87.7 cm³/mol. The molecule has 0 saturated heterocycles. The van der Waals surface area contributed by atoms with Gasteiger partial charge in [0.25, 0.3) is 0 Å². The number of carbonyl (C=O) groups excluding carboxylic acids is 1. The summed E-state index contributed by atoms with van der Waals surface area (Å²) in [5.41, 5.74) is 2.91. The number of hydrogen-bond donors (Lipinski definition) is 0. The Morgan fingerprint density at radius 3 is 2.81 bits per heavy atom. The Hall–Kier alpha value is -1.51. The fourth-order valence-electron chi connectivity index (χ4n) is 2.82. The fourth-order valence-corrected chi connectivity index (χ4v) is 3.22. The summed E-state index contributed by atoms with van der Waals surface area (Å²) < 4.78 is 0. The van der Waals surface area contributed by atoms with Crippen molar-refractivity contribution in [3.8, 4) is 0 Å². The van der Waals surface area contributed by atoms with Crippen LogP contribution in [0.4, 0.5) is 5.69 Å². The predicted octanol–water partition coefficient (Wildman–Crippen LogP) is 4.63. The molecule has 21 heavy (non-hydrogen) atoms. The summed E-state index contributed by atoms with van der Waals surface area (Å²) in [4.78, 5) is 14.7. The molecule has 2 nitrogen and oxygen atoms in total. The molecule has 1 aliphatic rings. The van der Waals surface area contributed by atoms with E-state index in [1.165, 1.54) is 5.56 Å². The molecule has 4 heteroatoms. The van der Waals surface area contributed by atoms with Crippen LogP contribution in [0, 0.1) is 0 Å².